The van der Waals surface area contributed by atoms with E-state index in [0.717, 1.165) is 5.56 Å². The highest BCUT2D eigenvalue weighted by Gasteiger charge is 2.46. The largest absolute Gasteiger partial charge is 0.461 e. The van der Waals surface area contributed by atoms with Crippen LogP contribution < -0.4 is 5.32 Å². The predicted octanol–water partition coefficient (Wildman–Crippen LogP) is 2.29. The van der Waals surface area contributed by atoms with Gasteiger partial charge in [-0.25, -0.2) is 0 Å². The summed E-state index contributed by atoms with van der Waals surface area (Å²) in [4.78, 5) is 48.1. The third-order valence-corrected chi connectivity index (χ3v) is 6.32. The molecule has 0 spiro atoms. The minimum Gasteiger partial charge on any atom is -0.461 e. The van der Waals surface area contributed by atoms with Crippen molar-refractivity contribution >= 4 is 35.2 Å². The Morgan fingerprint density at radius 1 is 1.12 bits per heavy atom. The summed E-state index contributed by atoms with van der Waals surface area (Å²) in [5.41, 5.74) is 1.49. The van der Waals surface area contributed by atoms with Gasteiger partial charge in [0.25, 0.3) is 5.69 Å². The Balaban J connectivity index is 1.39. The van der Waals surface area contributed by atoms with Gasteiger partial charge in [-0.3, -0.25) is 24.5 Å². The number of β-lactam (4-membered cyclic amide) rings is 1. The van der Waals surface area contributed by atoms with E-state index in [2.05, 4.69) is 5.32 Å². The smallest absolute Gasteiger partial charge is 0.306 e. The average molecular weight is 458 g/mol. The van der Waals surface area contributed by atoms with Crippen molar-refractivity contribution in [2.75, 3.05) is 12.8 Å². The zero-order valence-electron chi connectivity index (χ0n) is 17.4. The van der Waals surface area contributed by atoms with Crippen molar-refractivity contribution in [3.05, 3.63) is 75.8 Å². The van der Waals surface area contributed by atoms with Crippen molar-refractivity contribution in [2.45, 2.75) is 30.9 Å². The highest BCUT2D eigenvalue weighted by atomic mass is 32.2. The zero-order chi connectivity index (χ0) is 23.1. The van der Waals surface area contributed by atoms with E-state index in [9.17, 15) is 24.5 Å². The summed E-state index contributed by atoms with van der Waals surface area (Å²) >= 11 is 1.40. The molecule has 2 aromatic carbocycles. The fourth-order valence-corrected chi connectivity index (χ4v) is 4.40. The van der Waals surface area contributed by atoms with E-state index < -0.39 is 16.9 Å². The van der Waals surface area contributed by atoms with E-state index in [0.29, 0.717) is 11.3 Å². The van der Waals surface area contributed by atoms with Crippen LogP contribution in [0.4, 0.5) is 5.69 Å². The number of hydrogen-bond donors (Lipinski definition) is 1. The summed E-state index contributed by atoms with van der Waals surface area (Å²) in [6.07, 6.45) is 0.335. The molecule has 0 bridgehead atoms. The van der Waals surface area contributed by atoms with Gasteiger partial charge in [-0.05, 0) is 23.3 Å². The Kier molecular flexibility index (Phi) is 7.82. The van der Waals surface area contributed by atoms with Crippen LogP contribution in [0.3, 0.4) is 0 Å². The summed E-state index contributed by atoms with van der Waals surface area (Å²) in [5.74, 6) is -0.374. The molecule has 0 aromatic heterocycles. The molecule has 1 N–H and O–H groups in total. The molecule has 0 saturated carbocycles. The molecule has 2 atom stereocenters. The van der Waals surface area contributed by atoms with Crippen LogP contribution in [0.5, 0.6) is 0 Å². The van der Waals surface area contributed by atoms with Gasteiger partial charge in [0.2, 0.25) is 11.8 Å². The lowest BCUT2D eigenvalue weighted by Crippen LogP contribution is -2.68. The molecule has 10 heteroatoms. The molecular weight excluding hydrogens is 434 g/mol. The van der Waals surface area contributed by atoms with Crippen molar-refractivity contribution in [3.8, 4) is 0 Å². The minimum atomic E-state index is -0.614. The highest BCUT2D eigenvalue weighted by molar-refractivity contribution is 8.00. The maximum Gasteiger partial charge on any atom is 0.306 e. The number of nitro groups is 1. The lowest BCUT2D eigenvalue weighted by Gasteiger charge is -2.44. The Labute approximate surface area is 189 Å². The quantitative estimate of drug-likeness (QED) is 0.252. The number of nitrogens with zero attached hydrogens (tertiary/aromatic N) is 2. The molecule has 2 amide bonds. The number of nitro benzene ring substituents is 1. The first-order valence-electron chi connectivity index (χ1n) is 9.95. The van der Waals surface area contributed by atoms with E-state index >= 15 is 0 Å². The summed E-state index contributed by atoms with van der Waals surface area (Å²) in [7, 11) is 1.66. The van der Waals surface area contributed by atoms with E-state index in [1.807, 2.05) is 30.3 Å². The maximum atomic E-state index is 12.3. The van der Waals surface area contributed by atoms with Crippen LogP contribution in [-0.2, 0) is 32.1 Å². The molecule has 0 radical (unpaired) electrons. The van der Waals surface area contributed by atoms with Gasteiger partial charge in [0.1, 0.15) is 18.0 Å². The number of rotatable bonds is 10. The van der Waals surface area contributed by atoms with Crippen molar-refractivity contribution in [3.63, 3.8) is 0 Å². The third-order valence-electron chi connectivity index (χ3n) is 4.95. The number of nitrogens with one attached hydrogen (secondary N) is 1. The third kappa shape index (κ3) is 6.07. The van der Waals surface area contributed by atoms with Gasteiger partial charge in [-0.2, -0.15) is 0 Å². The van der Waals surface area contributed by atoms with Crippen LogP contribution in [0.2, 0.25) is 0 Å². The number of likely N-dealkylation sites (N-methyl/N-ethyl adjacent to an activating group) is 1. The van der Waals surface area contributed by atoms with Crippen LogP contribution >= 0.6 is 11.8 Å². The second-order valence-electron chi connectivity index (χ2n) is 7.25. The van der Waals surface area contributed by atoms with Crippen LogP contribution in [0.1, 0.15) is 17.5 Å². The minimum absolute atomic E-state index is 0.0268. The van der Waals surface area contributed by atoms with E-state index in [1.165, 1.54) is 36.0 Å². The topological polar surface area (TPSA) is 119 Å². The van der Waals surface area contributed by atoms with Crippen molar-refractivity contribution in [1.29, 1.82) is 0 Å². The van der Waals surface area contributed by atoms with Crippen molar-refractivity contribution in [2.24, 2.45) is 0 Å². The second kappa shape index (κ2) is 10.8. The van der Waals surface area contributed by atoms with Gasteiger partial charge < -0.3 is 15.0 Å². The Hall–Kier alpha value is -3.40. The lowest BCUT2D eigenvalue weighted by molar-refractivity contribution is -0.384. The molecule has 1 aliphatic rings. The molecular formula is C22H23N3O6S. The van der Waals surface area contributed by atoms with E-state index in [1.54, 1.807) is 11.9 Å². The van der Waals surface area contributed by atoms with Crippen LogP contribution in [0, 0.1) is 10.1 Å². The predicted molar refractivity (Wildman–Crippen MR) is 119 cm³/mol. The van der Waals surface area contributed by atoms with Crippen LogP contribution in [0.15, 0.2) is 54.6 Å². The van der Waals surface area contributed by atoms with Crippen molar-refractivity contribution < 1.29 is 24.0 Å². The summed E-state index contributed by atoms with van der Waals surface area (Å²) in [5, 5.41) is 13.2. The summed E-state index contributed by atoms with van der Waals surface area (Å²) in [6.45, 7) is 0.0292. The van der Waals surface area contributed by atoms with Gasteiger partial charge in [-0.1, -0.05) is 30.3 Å². The SMILES string of the molecule is CN1C(=O)[C@@H](NC(=O)Cc2ccccc2)[C@H]1SCCC(=O)OCc1ccc([N+](=O)[O-])cc1. The number of hydrogen-bond acceptors (Lipinski definition) is 7. The number of carbonyl (C=O) groups excluding carboxylic acids is 3. The standard InChI is InChI=1S/C22H23N3O6S/c1-24-21(28)20(23-18(26)13-15-5-3-2-4-6-15)22(24)32-12-11-19(27)31-14-16-7-9-17(10-8-16)25(29)30/h2-10,20,22H,11-14H2,1H3,(H,23,26)/t20-,22-/m1/s1. The second-order valence-corrected chi connectivity index (χ2v) is 8.48. The number of carbonyl (C=O) groups is 3. The van der Waals surface area contributed by atoms with Gasteiger partial charge in [0, 0.05) is 24.9 Å². The molecule has 1 saturated heterocycles. The molecule has 168 valence electrons. The van der Waals surface area contributed by atoms with Gasteiger partial charge >= 0.3 is 5.97 Å². The number of benzene rings is 2. The first kappa shape index (κ1) is 23.3. The monoisotopic (exact) mass is 457 g/mol. The molecule has 9 nitrogen and oxygen atoms in total. The molecule has 0 aliphatic carbocycles. The average Bonchev–Trinajstić information content (AvgIpc) is 2.80. The normalized spacial score (nSPS) is 17.4. The van der Waals surface area contributed by atoms with Crippen LogP contribution in [0.25, 0.3) is 0 Å². The number of non-ortho nitro benzene ring substituents is 1. The molecule has 0 unspecified atom stereocenters. The molecule has 1 aliphatic heterocycles. The molecule has 32 heavy (non-hydrogen) atoms. The lowest BCUT2D eigenvalue weighted by atomic mass is 10.1. The fourth-order valence-electron chi connectivity index (χ4n) is 3.17. The molecule has 3 rings (SSSR count). The van der Waals surface area contributed by atoms with Gasteiger partial charge in [0.15, 0.2) is 0 Å². The number of thioether (sulfide) groups is 1. The van der Waals surface area contributed by atoms with Crippen LogP contribution in [-0.4, -0.2) is 51.8 Å². The number of amides is 2. The number of likely N-dealkylation sites (tertiary alicyclic amines) is 1. The Morgan fingerprint density at radius 3 is 2.47 bits per heavy atom. The van der Waals surface area contributed by atoms with Gasteiger partial charge in [0.05, 0.1) is 17.8 Å². The number of ether oxygens (including phenoxy) is 1. The molecule has 1 heterocycles. The molecule has 1 fully saturated rings. The first-order chi connectivity index (χ1) is 15.3. The first-order valence-corrected chi connectivity index (χ1v) is 11.0. The van der Waals surface area contributed by atoms with Gasteiger partial charge in [-0.15, -0.1) is 11.8 Å². The van der Waals surface area contributed by atoms with Crippen molar-refractivity contribution in [1.82, 2.24) is 10.2 Å². The summed E-state index contributed by atoms with van der Waals surface area (Å²) < 4.78 is 5.20. The van der Waals surface area contributed by atoms with E-state index in [4.69, 9.17) is 4.74 Å². The van der Waals surface area contributed by atoms with E-state index in [-0.39, 0.29) is 42.3 Å². The highest BCUT2D eigenvalue weighted by Crippen LogP contribution is 2.29. The summed E-state index contributed by atoms with van der Waals surface area (Å²) in [6, 6.07) is 14.5. The zero-order valence-corrected chi connectivity index (χ0v) is 18.2. The Bertz CT molecular complexity index is 983. The maximum absolute atomic E-state index is 12.3. The Morgan fingerprint density at radius 2 is 1.81 bits per heavy atom. The fraction of sp³-hybridized carbons (Fsp3) is 0.318. The number of esters is 1. The molecule has 2 aromatic rings.